The van der Waals surface area contributed by atoms with Gasteiger partial charge in [-0.3, -0.25) is 4.79 Å². The number of benzene rings is 1. The third-order valence-electron chi connectivity index (χ3n) is 3.19. The van der Waals surface area contributed by atoms with Crippen molar-refractivity contribution in [1.82, 2.24) is 4.72 Å². The molecule has 130 valence electrons. The fraction of sp³-hybridized carbons (Fsp3) is 0.500. The van der Waals surface area contributed by atoms with E-state index in [-0.39, 0.29) is 23.3 Å². The molecule has 0 aliphatic rings. The number of carbonyl (C=O) groups is 1. The molecule has 0 atom stereocenters. The van der Waals surface area contributed by atoms with E-state index in [4.69, 9.17) is 5.11 Å². The topological polar surface area (TPSA) is 83.5 Å². The number of hydrogen-bond acceptors (Lipinski definition) is 3. The van der Waals surface area contributed by atoms with E-state index >= 15 is 0 Å². The second-order valence-corrected chi connectivity index (χ2v) is 7.54. The molecule has 0 aliphatic heterocycles. The first-order valence-corrected chi connectivity index (χ1v) is 8.16. The third-order valence-corrected chi connectivity index (χ3v) is 4.88. The number of aliphatic carboxylic acids is 1. The van der Waals surface area contributed by atoms with Crippen molar-refractivity contribution in [2.75, 3.05) is 0 Å². The molecular formula is C14H18F3NO4S. The standard InChI is InChI=1S/C14H18F3NO4S/c1-9-8-10(4-5-11(9)14(15,16)17)23(21,22)18-13(2,3)7-6-12(19)20/h4-5,8,18H,6-7H2,1-3H3,(H,19,20). The van der Waals surface area contributed by atoms with E-state index < -0.39 is 33.3 Å². The molecule has 0 aromatic heterocycles. The number of rotatable bonds is 6. The lowest BCUT2D eigenvalue weighted by Gasteiger charge is -2.25. The molecule has 0 fully saturated rings. The summed E-state index contributed by atoms with van der Waals surface area (Å²) >= 11 is 0. The Hall–Kier alpha value is -1.61. The van der Waals surface area contributed by atoms with Crippen molar-refractivity contribution in [3.05, 3.63) is 29.3 Å². The molecule has 0 spiro atoms. The summed E-state index contributed by atoms with van der Waals surface area (Å²) in [6.07, 6.45) is -4.75. The minimum atomic E-state index is -4.55. The summed E-state index contributed by atoms with van der Waals surface area (Å²) in [5, 5.41) is 8.65. The monoisotopic (exact) mass is 353 g/mol. The predicted octanol–water partition coefficient (Wildman–Crippen LogP) is 2.94. The SMILES string of the molecule is Cc1cc(S(=O)(=O)NC(C)(C)CCC(=O)O)ccc1C(F)(F)F. The van der Waals surface area contributed by atoms with Crippen LogP contribution in [0, 0.1) is 6.92 Å². The van der Waals surface area contributed by atoms with E-state index in [0.717, 1.165) is 12.1 Å². The van der Waals surface area contributed by atoms with Crippen LogP contribution in [0.3, 0.4) is 0 Å². The minimum absolute atomic E-state index is 0.0428. The van der Waals surface area contributed by atoms with E-state index in [0.29, 0.717) is 6.07 Å². The Bertz CT molecular complexity index is 696. The molecule has 2 N–H and O–H groups in total. The number of carboxylic acids is 1. The molecule has 0 amide bonds. The number of carboxylic acid groups (broad SMARTS) is 1. The maximum atomic E-state index is 12.7. The Kier molecular flexibility index (Phi) is 5.48. The molecule has 1 aromatic rings. The van der Waals surface area contributed by atoms with Crippen LogP contribution in [0.5, 0.6) is 0 Å². The number of hydrogen-bond donors (Lipinski definition) is 2. The van der Waals surface area contributed by atoms with Gasteiger partial charge < -0.3 is 5.11 Å². The summed E-state index contributed by atoms with van der Waals surface area (Å²) in [7, 11) is -4.06. The van der Waals surface area contributed by atoms with Crippen LogP contribution in [-0.2, 0) is 21.0 Å². The first kappa shape index (κ1) is 19.4. The van der Waals surface area contributed by atoms with Crippen LogP contribution < -0.4 is 4.72 Å². The fourth-order valence-corrected chi connectivity index (χ4v) is 3.54. The van der Waals surface area contributed by atoms with Crippen LogP contribution in [0.2, 0.25) is 0 Å². The normalized spacial score (nSPS) is 13.1. The Labute approximate surface area is 132 Å². The minimum Gasteiger partial charge on any atom is -0.481 e. The molecular weight excluding hydrogens is 335 g/mol. The lowest BCUT2D eigenvalue weighted by atomic mass is 10.0. The van der Waals surface area contributed by atoms with E-state index in [2.05, 4.69) is 4.72 Å². The van der Waals surface area contributed by atoms with E-state index in [1.807, 2.05) is 0 Å². The second-order valence-electron chi connectivity index (χ2n) is 5.86. The highest BCUT2D eigenvalue weighted by molar-refractivity contribution is 7.89. The summed E-state index contributed by atoms with van der Waals surface area (Å²) in [4.78, 5) is 10.3. The van der Waals surface area contributed by atoms with Gasteiger partial charge in [-0.15, -0.1) is 0 Å². The molecule has 0 heterocycles. The van der Waals surface area contributed by atoms with Crippen molar-refractivity contribution in [3.8, 4) is 0 Å². The smallest absolute Gasteiger partial charge is 0.416 e. The average Bonchev–Trinajstić information content (AvgIpc) is 2.33. The van der Waals surface area contributed by atoms with Crippen LogP contribution >= 0.6 is 0 Å². The highest BCUT2D eigenvalue weighted by Crippen LogP contribution is 2.32. The van der Waals surface area contributed by atoms with E-state index in [1.165, 1.54) is 20.8 Å². The quantitative estimate of drug-likeness (QED) is 0.824. The molecule has 0 aliphatic carbocycles. The number of nitrogens with one attached hydrogen (secondary N) is 1. The molecule has 1 aromatic carbocycles. The van der Waals surface area contributed by atoms with Crippen molar-refractivity contribution < 1.29 is 31.5 Å². The fourth-order valence-electron chi connectivity index (χ4n) is 2.01. The van der Waals surface area contributed by atoms with Crippen molar-refractivity contribution >= 4 is 16.0 Å². The Morgan fingerprint density at radius 2 is 1.83 bits per heavy atom. The lowest BCUT2D eigenvalue weighted by Crippen LogP contribution is -2.43. The average molecular weight is 353 g/mol. The molecule has 0 unspecified atom stereocenters. The Balaban J connectivity index is 3.05. The van der Waals surface area contributed by atoms with Crippen LogP contribution in [0.15, 0.2) is 23.1 Å². The van der Waals surface area contributed by atoms with Crippen LogP contribution in [0.1, 0.15) is 37.8 Å². The van der Waals surface area contributed by atoms with Gasteiger partial charge in [-0.2, -0.15) is 13.2 Å². The summed E-state index contributed by atoms with van der Waals surface area (Å²) < 4.78 is 65.0. The summed E-state index contributed by atoms with van der Waals surface area (Å²) in [6, 6.07) is 2.54. The molecule has 1 rings (SSSR count). The number of aryl methyl sites for hydroxylation is 1. The zero-order valence-corrected chi connectivity index (χ0v) is 13.7. The van der Waals surface area contributed by atoms with Crippen molar-refractivity contribution in [1.29, 1.82) is 0 Å². The first-order valence-electron chi connectivity index (χ1n) is 6.68. The van der Waals surface area contributed by atoms with Gasteiger partial charge in [0.25, 0.3) is 0 Å². The molecule has 0 bridgehead atoms. The molecule has 5 nitrogen and oxygen atoms in total. The van der Waals surface area contributed by atoms with Crippen LogP contribution in [0.4, 0.5) is 13.2 Å². The molecule has 0 saturated carbocycles. The van der Waals surface area contributed by atoms with Gasteiger partial charge >= 0.3 is 12.1 Å². The highest BCUT2D eigenvalue weighted by atomic mass is 32.2. The van der Waals surface area contributed by atoms with Crippen molar-refractivity contribution in [2.24, 2.45) is 0 Å². The van der Waals surface area contributed by atoms with Crippen LogP contribution in [0.25, 0.3) is 0 Å². The van der Waals surface area contributed by atoms with E-state index in [9.17, 15) is 26.4 Å². The van der Waals surface area contributed by atoms with Crippen molar-refractivity contribution in [3.63, 3.8) is 0 Å². The van der Waals surface area contributed by atoms with Gasteiger partial charge in [0.2, 0.25) is 10.0 Å². The summed E-state index contributed by atoms with van der Waals surface area (Å²) in [5.74, 6) is -1.07. The molecule has 0 saturated heterocycles. The molecule has 23 heavy (non-hydrogen) atoms. The van der Waals surface area contributed by atoms with Gasteiger partial charge in [0.15, 0.2) is 0 Å². The Morgan fingerprint density at radius 1 is 1.26 bits per heavy atom. The maximum absolute atomic E-state index is 12.7. The zero-order chi connectivity index (χ0) is 18.1. The van der Waals surface area contributed by atoms with Gasteiger partial charge in [-0.25, -0.2) is 13.1 Å². The van der Waals surface area contributed by atoms with Gasteiger partial charge in [0.05, 0.1) is 10.5 Å². The molecule has 9 heteroatoms. The third kappa shape index (κ3) is 5.51. The largest absolute Gasteiger partial charge is 0.481 e. The number of sulfonamides is 1. The number of alkyl halides is 3. The highest BCUT2D eigenvalue weighted by Gasteiger charge is 2.33. The predicted molar refractivity (Wildman–Crippen MR) is 77.5 cm³/mol. The lowest BCUT2D eigenvalue weighted by molar-refractivity contribution is -0.138. The molecule has 0 radical (unpaired) electrons. The summed E-state index contributed by atoms with van der Waals surface area (Å²) in [6.45, 7) is 4.19. The van der Waals surface area contributed by atoms with E-state index in [1.54, 1.807) is 0 Å². The van der Waals surface area contributed by atoms with Crippen LogP contribution in [-0.4, -0.2) is 25.0 Å². The van der Waals surface area contributed by atoms with Gasteiger partial charge in [-0.05, 0) is 51.0 Å². The summed E-state index contributed by atoms with van der Waals surface area (Å²) in [5.41, 5.74) is -2.15. The number of halogens is 3. The zero-order valence-electron chi connectivity index (χ0n) is 12.9. The Morgan fingerprint density at radius 3 is 2.26 bits per heavy atom. The van der Waals surface area contributed by atoms with Crippen molar-refractivity contribution in [2.45, 2.75) is 50.2 Å². The van der Waals surface area contributed by atoms with Gasteiger partial charge in [0.1, 0.15) is 0 Å². The second kappa shape index (κ2) is 6.48. The van der Waals surface area contributed by atoms with Gasteiger partial charge in [0, 0.05) is 12.0 Å². The maximum Gasteiger partial charge on any atom is 0.416 e. The first-order chi connectivity index (χ1) is 10.2. The van der Waals surface area contributed by atoms with Gasteiger partial charge in [-0.1, -0.05) is 0 Å².